The molecule has 1 aromatic carbocycles. The number of benzene rings is 1. The second kappa shape index (κ2) is 8.33. The van der Waals surface area contributed by atoms with Crippen molar-refractivity contribution >= 4 is 5.91 Å². The number of hydrogen-bond donors (Lipinski definition) is 0. The molecule has 2 fully saturated rings. The molecule has 0 aliphatic carbocycles. The van der Waals surface area contributed by atoms with E-state index in [1.165, 1.54) is 24.0 Å². The van der Waals surface area contributed by atoms with Gasteiger partial charge < -0.3 is 9.64 Å². The molecular formula is C21H32N2O2. The van der Waals surface area contributed by atoms with Gasteiger partial charge in [-0.2, -0.15) is 0 Å². The van der Waals surface area contributed by atoms with E-state index in [1.807, 2.05) is 0 Å². The maximum Gasteiger partial charge on any atom is 0.222 e. The molecule has 0 radical (unpaired) electrons. The number of rotatable bonds is 6. The lowest BCUT2D eigenvalue weighted by atomic mass is 9.72. The van der Waals surface area contributed by atoms with Gasteiger partial charge in [0.1, 0.15) is 0 Å². The van der Waals surface area contributed by atoms with Crippen molar-refractivity contribution < 1.29 is 9.53 Å². The lowest BCUT2D eigenvalue weighted by molar-refractivity contribution is -0.139. The summed E-state index contributed by atoms with van der Waals surface area (Å²) in [5.41, 5.74) is 3.08. The number of methoxy groups -OCH3 is 1. The Morgan fingerprint density at radius 1 is 1.12 bits per heavy atom. The van der Waals surface area contributed by atoms with Crippen molar-refractivity contribution in [3.63, 3.8) is 0 Å². The largest absolute Gasteiger partial charge is 0.385 e. The fourth-order valence-corrected chi connectivity index (χ4v) is 4.25. The molecule has 2 heterocycles. The van der Waals surface area contributed by atoms with Crippen molar-refractivity contribution in [3.8, 4) is 0 Å². The summed E-state index contributed by atoms with van der Waals surface area (Å²) >= 11 is 0. The zero-order chi connectivity index (χ0) is 17.7. The van der Waals surface area contributed by atoms with Gasteiger partial charge in [0.05, 0.1) is 0 Å². The van der Waals surface area contributed by atoms with E-state index in [4.69, 9.17) is 4.74 Å². The van der Waals surface area contributed by atoms with Crippen molar-refractivity contribution in [2.24, 2.45) is 5.41 Å². The van der Waals surface area contributed by atoms with Crippen LogP contribution in [0.2, 0.25) is 0 Å². The normalized spacial score (nSPS) is 21.0. The number of hydrogen-bond acceptors (Lipinski definition) is 3. The van der Waals surface area contributed by atoms with Crippen molar-refractivity contribution in [3.05, 3.63) is 35.4 Å². The highest BCUT2D eigenvalue weighted by Gasteiger charge is 2.40. The Morgan fingerprint density at radius 2 is 1.84 bits per heavy atom. The van der Waals surface area contributed by atoms with Crippen LogP contribution in [0.1, 0.15) is 43.2 Å². The lowest BCUT2D eigenvalue weighted by Crippen LogP contribution is -2.51. The molecule has 1 amide bonds. The molecule has 0 N–H and O–H groups in total. The second-order valence-electron chi connectivity index (χ2n) is 7.92. The number of likely N-dealkylation sites (tertiary alicyclic amines) is 2. The van der Waals surface area contributed by atoms with Crippen LogP contribution in [0.3, 0.4) is 0 Å². The summed E-state index contributed by atoms with van der Waals surface area (Å²) in [4.78, 5) is 16.9. The summed E-state index contributed by atoms with van der Waals surface area (Å²) < 4.78 is 5.14. The van der Waals surface area contributed by atoms with Crippen molar-refractivity contribution in [2.75, 3.05) is 39.9 Å². The summed E-state index contributed by atoms with van der Waals surface area (Å²) in [6, 6.07) is 8.89. The van der Waals surface area contributed by atoms with Gasteiger partial charge in [-0.25, -0.2) is 0 Å². The van der Waals surface area contributed by atoms with Crippen molar-refractivity contribution in [1.29, 1.82) is 0 Å². The van der Waals surface area contributed by atoms with E-state index in [9.17, 15) is 4.79 Å². The highest BCUT2D eigenvalue weighted by molar-refractivity contribution is 5.77. The summed E-state index contributed by atoms with van der Waals surface area (Å²) in [6.45, 7) is 8.02. The van der Waals surface area contributed by atoms with Crippen LogP contribution < -0.4 is 0 Å². The number of aryl methyl sites for hydroxylation is 1. The first-order valence-corrected chi connectivity index (χ1v) is 9.65. The molecule has 0 bridgehead atoms. The number of nitrogens with zero attached hydrogens (tertiary/aromatic N) is 2. The van der Waals surface area contributed by atoms with Gasteiger partial charge >= 0.3 is 0 Å². The fraction of sp³-hybridized carbons (Fsp3) is 0.667. The molecule has 0 saturated carbocycles. The SMILES string of the molecule is COCCCN1CC2(CCC1=O)CCN(Cc1ccc(C)cc1)CC2. The Balaban J connectivity index is 1.51. The molecule has 2 saturated heterocycles. The fourth-order valence-electron chi connectivity index (χ4n) is 4.25. The number of piperidine rings is 2. The monoisotopic (exact) mass is 344 g/mol. The second-order valence-corrected chi connectivity index (χ2v) is 7.92. The molecule has 1 spiro atoms. The van der Waals surface area contributed by atoms with Crippen LogP contribution in [-0.4, -0.2) is 55.6 Å². The van der Waals surface area contributed by atoms with Crippen LogP contribution in [-0.2, 0) is 16.1 Å². The highest BCUT2D eigenvalue weighted by Crippen LogP contribution is 2.40. The summed E-state index contributed by atoms with van der Waals surface area (Å²) in [5, 5.41) is 0. The number of amides is 1. The summed E-state index contributed by atoms with van der Waals surface area (Å²) in [6.07, 6.45) is 5.17. The minimum atomic E-state index is 0.337. The van der Waals surface area contributed by atoms with Crippen LogP contribution >= 0.6 is 0 Å². The van der Waals surface area contributed by atoms with E-state index < -0.39 is 0 Å². The smallest absolute Gasteiger partial charge is 0.222 e. The molecular weight excluding hydrogens is 312 g/mol. The van der Waals surface area contributed by atoms with E-state index in [0.29, 0.717) is 11.3 Å². The quantitative estimate of drug-likeness (QED) is 0.743. The predicted molar refractivity (Wildman–Crippen MR) is 100 cm³/mol. The third kappa shape index (κ3) is 4.83. The Bertz CT molecular complexity index is 562. The minimum Gasteiger partial charge on any atom is -0.385 e. The van der Waals surface area contributed by atoms with Gasteiger partial charge in [0.15, 0.2) is 0 Å². The van der Waals surface area contributed by atoms with Gasteiger partial charge in [-0.3, -0.25) is 9.69 Å². The van der Waals surface area contributed by atoms with Crippen molar-refractivity contribution in [1.82, 2.24) is 9.80 Å². The molecule has 138 valence electrons. The average Bonchev–Trinajstić information content (AvgIpc) is 2.62. The first kappa shape index (κ1) is 18.4. The van der Waals surface area contributed by atoms with Gasteiger partial charge in [-0.1, -0.05) is 29.8 Å². The third-order valence-corrected chi connectivity index (χ3v) is 5.97. The Hall–Kier alpha value is -1.39. The summed E-state index contributed by atoms with van der Waals surface area (Å²) in [5.74, 6) is 0.337. The molecule has 3 rings (SSSR count). The van der Waals surface area contributed by atoms with E-state index in [-0.39, 0.29) is 0 Å². The van der Waals surface area contributed by atoms with Gasteiger partial charge in [-0.05, 0) is 56.7 Å². The van der Waals surface area contributed by atoms with E-state index in [2.05, 4.69) is 41.0 Å². The molecule has 25 heavy (non-hydrogen) atoms. The topological polar surface area (TPSA) is 32.8 Å². The maximum absolute atomic E-state index is 12.2. The van der Waals surface area contributed by atoms with E-state index in [1.54, 1.807) is 7.11 Å². The molecule has 0 unspecified atom stereocenters. The summed E-state index contributed by atoms with van der Waals surface area (Å²) in [7, 11) is 1.73. The van der Waals surface area contributed by atoms with Crippen LogP contribution in [0.25, 0.3) is 0 Å². The van der Waals surface area contributed by atoms with E-state index >= 15 is 0 Å². The Labute approximate surface area is 152 Å². The zero-order valence-corrected chi connectivity index (χ0v) is 15.8. The van der Waals surface area contributed by atoms with Crippen LogP contribution in [0, 0.1) is 12.3 Å². The van der Waals surface area contributed by atoms with Gasteiger partial charge in [0.2, 0.25) is 5.91 Å². The first-order chi connectivity index (χ1) is 12.1. The average molecular weight is 344 g/mol. The molecule has 1 aromatic rings. The zero-order valence-electron chi connectivity index (χ0n) is 15.8. The van der Waals surface area contributed by atoms with Gasteiger partial charge in [0.25, 0.3) is 0 Å². The van der Waals surface area contributed by atoms with Crippen LogP contribution in [0.15, 0.2) is 24.3 Å². The standard InChI is InChI=1S/C21H32N2O2/c1-18-4-6-19(7-5-18)16-22-13-10-21(11-14-22)9-8-20(24)23(17-21)12-3-15-25-2/h4-7H,3,8-17H2,1-2H3. The molecule has 0 aromatic heterocycles. The maximum atomic E-state index is 12.2. The number of carbonyl (C=O) groups is 1. The number of carbonyl (C=O) groups excluding carboxylic acids is 1. The van der Waals surface area contributed by atoms with E-state index in [0.717, 1.165) is 58.6 Å². The number of ether oxygens (including phenoxy) is 1. The van der Waals surface area contributed by atoms with Gasteiger partial charge in [0, 0.05) is 39.8 Å². The molecule has 0 atom stereocenters. The molecule has 4 nitrogen and oxygen atoms in total. The lowest BCUT2D eigenvalue weighted by Gasteiger charge is -2.47. The molecule has 4 heteroatoms. The predicted octanol–water partition coefficient (Wildman–Crippen LogP) is 3.24. The molecule has 2 aliphatic heterocycles. The Morgan fingerprint density at radius 3 is 2.52 bits per heavy atom. The third-order valence-electron chi connectivity index (χ3n) is 5.97. The van der Waals surface area contributed by atoms with Crippen LogP contribution in [0.5, 0.6) is 0 Å². The van der Waals surface area contributed by atoms with Gasteiger partial charge in [-0.15, -0.1) is 0 Å². The van der Waals surface area contributed by atoms with Crippen molar-refractivity contribution in [2.45, 2.75) is 45.6 Å². The minimum absolute atomic E-state index is 0.337. The first-order valence-electron chi connectivity index (χ1n) is 9.65. The highest BCUT2D eigenvalue weighted by atomic mass is 16.5. The van der Waals surface area contributed by atoms with Crippen LogP contribution in [0.4, 0.5) is 0 Å². The molecule has 2 aliphatic rings. The Kier molecular flexibility index (Phi) is 6.13.